The van der Waals surface area contributed by atoms with Gasteiger partial charge in [0.1, 0.15) is 35.6 Å². The minimum absolute atomic E-state index is 0.157. The Morgan fingerprint density at radius 1 is 0.489 bits per heavy atom. The quantitative estimate of drug-likeness (QED) is 0.0674. The first kappa shape index (κ1) is 36.4. The van der Waals surface area contributed by atoms with Crippen LogP contribution in [0.15, 0.2) is 109 Å². The molecule has 0 aliphatic rings. The van der Waals surface area contributed by atoms with Crippen molar-refractivity contribution in [3.8, 4) is 17.2 Å². The molecule has 0 radical (unpaired) electrons. The Hall–Kier alpha value is -5.08. The maximum atomic E-state index is 14.1. The molecule has 0 fully saturated rings. The maximum absolute atomic E-state index is 14.1. The number of benzene rings is 3. The van der Waals surface area contributed by atoms with E-state index in [9.17, 15) is 18.9 Å². The first-order chi connectivity index (χ1) is 22.1. The van der Waals surface area contributed by atoms with Crippen molar-refractivity contribution < 1.29 is 46.7 Å². The van der Waals surface area contributed by atoms with Crippen LogP contribution >= 0.6 is 7.82 Å². The van der Waals surface area contributed by atoms with Gasteiger partial charge in [0.05, 0.1) is 0 Å². The summed E-state index contributed by atoms with van der Waals surface area (Å²) >= 11 is 0. The second-order valence-electron chi connectivity index (χ2n) is 10.9. The van der Waals surface area contributed by atoms with E-state index < -0.39 is 44.0 Å². The molecular weight excluding hydrogens is 623 g/mol. The van der Waals surface area contributed by atoms with Crippen molar-refractivity contribution in [3.05, 3.63) is 126 Å². The minimum atomic E-state index is -4.40. The first-order valence-electron chi connectivity index (χ1n) is 14.6. The third-order valence-corrected chi connectivity index (χ3v) is 7.90. The zero-order valence-corrected chi connectivity index (χ0v) is 28.2. The van der Waals surface area contributed by atoms with Crippen molar-refractivity contribution in [2.75, 3.05) is 0 Å². The number of rotatable bonds is 15. The van der Waals surface area contributed by atoms with Gasteiger partial charge in [-0.15, -0.1) is 0 Å². The Morgan fingerprint density at radius 2 is 0.702 bits per heavy atom. The molecule has 0 saturated heterocycles. The van der Waals surface area contributed by atoms with Gasteiger partial charge in [-0.25, -0.2) is 14.4 Å². The number of hydrogen-bond acceptors (Lipinski definition) is 10. The summed E-state index contributed by atoms with van der Waals surface area (Å²) in [7, 11) is -4.40. The van der Waals surface area contributed by atoms with Crippen LogP contribution in [0.5, 0.6) is 17.2 Å². The van der Waals surface area contributed by atoms with E-state index in [2.05, 4.69) is 19.7 Å². The van der Waals surface area contributed by atoms with Gasteiger partial charge in [-0.3, -0.25) is 0 Å². The molecule has 3 rings (SSSR count). The predicted molar refractivity (Wildman–Crippen MR) is 177 cm³/mol. The Morgan fingerprint density at radius 3 is 0.894 bits per heavy atom. The van der Waals surface area contributed by atoms with E-state index in [1.807, 2.05) is 0 Å². The van der Waals surface area contributed by atoms with Crippen LogP contribution in [0.1, 0.15) is 76.5 Å². The van der Waals surface area contributed by atoms with Gasteiger partial charge in [-0.1, -0.05) is 56.1 Å². The average molecular weight is 663 g/mol. The monoisotopic (exact) mass is 662 g/mol. The lowest BCUT2D eigenvalue weighted by atomic mass is 10.1. The second kappa shape index (κ2) is 16.0. The molecule has 3 aromatic carbocycles. The fraction of sp³-hybridized carbons (Fsp3) is 0.250. The van der Waals surface area contributed by atoms with E-state index in [-0.39, 0.29) is 34.0 Å². The van der Waals surface area contributed by atoms with Crippen LogP contribution in [-0.2, 0) is 33.2 Å². The Labute approximate surface area is 275 Å². The molecule has 0 aliphatic heterocycles. The van der Waals surface area contributed by atoms with E-state index >= 15 is 0 Å². The molecule has 3 atom stereocenters. The van der Waals surface area contributed by atoms with Gasteiger partial charge in [0, 0.05) is 16.7 Å². The van der Waals surface area contributed by atoms with Crippen LogP contribution < -0.4 is 13.6 Å². The molecule has 0 aliphatic carbocycles. The van der Waals surface area contributed by atoms with Crippen molar-refractivity contribution >= 4 is 25.7 Å². The normalized spacial score (nSPS) is 13.8. The average Bonchev–Trinajstić information content (AvgIpc) is 3.01. The highest BCUT2D eigenvalue weighted by Gasteiger charge is 2.33. The van der Waals surface area contributed by atoms with Crippen LogP contribution in [0.4, 0.5) is 0 Å². The molecule has 248 valence electrons. The third-order valence-electron chi connectivity index (χ3n) is 6.60. The standard InChI is InChI=1S/C36H39O10P/c1-22(2)34(37)41-25(7)28-10-16-31(17-11-28)44-47(40,45-32-18-12-29(13-19-32)26(8)42-35(38)23(3)4)46-33-20-14-30(15-21-33)27(9)43-36(39)24(5)6/h10-21,25-27H,1,3,5H2,2,4,6-9H3. The molecule has 3 unspecified atom stereocenters. The molecule has 0 amide bonds. The number of phosphoric ester groups is 1. The first-order valence-corrected chi connectivity index (χ1v) is 16.1. The van der Waals surface area contributed by atoms with Crippen molar-refractivity contribution in [1.82, 2.24) is 0 Å². The third kappa shape index (κ3) is 10.8. The summed E-state index contributed by atoms with van der Waals surface area (Å²) in [5.41, 5.74) is 2.82. The lowest BCUT2D eigenvalue weighted by Gasteiger charge is -2.21. The highest BCUT2D eigenvalue weighted by molar-refractivity contribution is 7.49. The van der Waals surface area contributed by atoms with E-state index in [4.69, 9.17) is 27.8 Å². The number of carbonyl (C=O) groups excluding carboxylic acids is 3. The summed E-state index contributed by atoms with van der Waals surface area (Å²) in [5, 5.41) is 0. The summed E-state index contributed by atoms with van der Waals surface area (Å²) in [4.78, 5) is 35.8. The molecule has 11 heteroatoms. The fourth-order valence-electron chi connectivity index (χ4n) is 3.83. The highest BCUT2D eigenvalue weighted by Crippen LogP contribution is 2.50. The molecule has 0 aromatic heterocycles. The van der Waals surface area contributed by atoms with Crippen molar-refractivity contribution in [3.63, 3.8) is 0 Å². The molecular formula is C36H39O10P. The van der Waals surface area contributed by atoms with E-state index in [0.29, 0.717) is 16.7 Å². The van der Waals surface area contributed by atoms with Crippen molar-refractivity contribution in [2.24, 2.45) is 0 Å². The molecule has 10 nitrogen and oxygen atoms in total. The minimum Gasteiger partial charge on any atom is -0.454 e. The van der Waals surface area contributed by atoms with Crippen LogP contribution in [-0.4, -0.2) is 17.9 Å². The summed E-state index contributed by atoms with van der Waals surface area (Å²) in [5.74, 6) is -1.09. The number of esters is 3. The largest absolute Gasteiger partial charge is 0.647 e. The summed E-state index contributed by atoms with van der Waals surface area (Å²) in [6, 6.07) is 19.2. The van der Waals surface area contributed by atoms with Gasteiger partial charge in [0.15, 0.2) is 0 Å². The lowest BCUT2D eigenvalue weighted by molar-refractivity contribution is -0.144. The van der Waals surface area contributed by atoms with Crippen molar-refractivity contribution in [2.45, 2.75) is 59.9 Å². The second-order valence-corrected chi connectivity index (χ2v) is 12.4. The van der Waals surface area contributed by atoms with Gasteiger partial charge >= 0.3 is 25.7 Å². The zero-order valence-electron chi connectivity index (χ0n) is 27.3. The van der Waals surface area contributed by atoms with E-state index in [1.54, 1.807) is 114 Å². The maximum Gasteiger partial charge on any atom is 0.647 e. The lowest BCUT2D eigenvalue weighted by Crippen LogP contribution is -2.10. The smallest absolute Gasteiger partial charge is 0.454 e. The van der Waals surface area contributed by atoms with Gasteiger partial charge < -0.3 is 27.8 Å². The highest BCUT2D eigenvalue weighted by atomic mass is 31.2. The predicted octanol–water partition coefficient (Wildman–Crippen LogP) is 8.87. The fourth-order valence-corrected chi connectivity index (χ4v) is 5.08. The zero-order chi connectivity index (χ0) is 34.9. The van der Waals surface area contributed by atoms with Crippen LogP contribution in [0.2, 0.25) is 0 Å². The number of hydrogen-bond donors (Lipinski definition) is 0. The number of ether oxygens (including phenoxy) is 3. The Bertz CT molecular complexity index is 1480. The summed E-state index contributed by atoms with van der Waals surface area (Å²) in [6.45, 7) is 20.6. The molecule has 0 N–H and O–H groups in total. The summed E-state index contributed by atoms with van der Waals surface area (Å²) < 4.78 is 47.7. The molecule has 0 spiro atoms. The van der Waals surface area contributed by atoms with Crippen LogP contribution in [0.25, 0.3) is 0 Å². The van der Waals surface area contributed by atoms with Crippen LogP contribution in [0, 0.1) is 0 Å². The van der Waals surface area contributed by atoms with Crippen LogP contribution in [0.3, 0.4) is 0 Å². The summed E-state index contributed by atoms with van der Waals surface area (Å²) in [6.07, 6.45) is -1.71. The Balaban J connectivity index is 1.84. The molecule has 3 aromatic rings. The Kier molecular flexibility index (Phi) is 12.4. The molecule has 0 heterocycles. The van der Waals surface area contributed by atoms with Crippen molar-refractivity contribution in [1.29, 1.82) is 0 Å². The molecule has 47 heavy (non-hydrogen) atoms. The van der Waals surface area contributed by atoms with E-state index in [0.717, 1.165) is 0 Å². The number of phosphoric acid groups is 1. The van der Waals surface area contributed by atoms with E-state index in [1.165, 1.54) is 0 Å². The number of carbonyl (C=O) groups is 3. The van der Waals surface area contributed by atoms with Gasteiger partial charge in [0.25, 0.3) is 0 Å². The SMILES string of the molecule is C=C(C)C(=O)OC(C)c1ccc(OP(=O)(Oc2ccc(C(C)OC(=O)C(=C)C)cc2)Oc2ccc(C(C)OC(=O)C(=C)C)cc2)cc1. The molecule has 0 saturated carbocycles. The van der Waals surface area contributed by atoms with Gasteiger partial charge in [-0.05, 0) is 94.6 Å². The van der Waals surface area contributed by atoms with Gasteiger partial charge in [-0.2, -0.15) is 4.57 Å². The molecule has 0 bridgehead atoms. The van der Waals surface area contributed by atoms with Gasteiger partial charge in [0.2, 0.25) is 0 Å². The topological polar surface area (TPSA) is 124 Å².